The molecule has 0 aliphatic carbocycles. The van der Waals surface area contributed by atoms with Gasteiger partial charge in [-0.2, -0.15) is 0 Å². The Labute approximate surface area is 147 Å². The lowest BCUT2D eigenvalue weighted by molar-refractivity contribution is 0.306. The molecule has 0 saturated heterocycles. The summed E-state index contributed by atoms with van der Waals surface area (Å²) in [5.41, 5.74) is 2.57. The molecule has 22 heavy (non-hydrogen) atoms. The molecule has 0 heterocycles. The van der Waals surface area contributed by atoms with Crippen LogP contribution in [0.3, 0.4) is 0 Å². The average Bonchev–Trinajstić information content (AvgIpc) is 2.58. The molecule has 0 radical (unpaired) electrons. The van der Waals surface area contributed by atoms with Crippen molar-refractivity contribution in [1.82, 2.24) is 0 Å². The Morgan fingerprint density at radius 1 is 1.00 bits per heavy atom. The predicted octanol–water partition coefficient (Wildman–Crippen LogP) is 6.49. The molecule has 2 aromatic rings. The molecule has 0 spiro atoms. The molecule has 0 aliphatic heterocycles. The van der Waals surface area contributed by atoms with Gasteiger partial charge in [0.2, 0.25) is 0 Å². The second-order valence-corrected chi connectivity index (χ2v) is 6.77. The zero-order valence-electron chi connectivity index (χ0n) is 13.0. The number of rotatable bonds is 8. The summed E-state index contributed by atoms with van der Waals surface area (Å²) < 4.78 is 6.38. The molecule has 1 nitrogen and oxygen atoms in total. The fourth-order valence-electron chi connectivity index (χ4n) is 2.21. The molecule has 116 valence electrons. The molecule has 0 aliphatic rings. The summed E-state index contributed by atoms with van der Waals surface area (Å²) in [5, 5.41) is 0. The van der Waals surface area contributed by atoms with E-state index in [2.05, 4.69) is 78.1 Å². The number of benzene rings is 2. The number of hydrogen-bond acceptors (Lipinski definition) is 1. The highest BCUT2D eigenvalue weighted by molar-refractivity contribution is 14.1. The first-order valence-electron chi connectivity index (χ1n) is 7.85. The molecular formula is C20H23IO. The lowest BCUT2D eigenvalue weighted by Crippen LogP contribution is -1.95. The summed E-state index contributed by atoms with van der Waals surface area (Å²) in [6.45, 7) is 2.79. The van der Waals surface area contributed by atoms with Crippen LogP contribution in [0.2, 0.25) is 0 Å². The van der Waals surface area contributed by atoms with Gasteiger partial charge in [-0.1, -0.05) is 84.1 Å². The highest BCUT2D eigenvalue weighted by Crippen LogP contribution is 2.29. The molecule has 1 unspecified atom stereocenters. The number of alkyl halides is 1. The first-order valence-corrected chi connectivity index (χ1v) is 9.10. The topological polar surface area (TPSA) is 9.23 Å². The van der Waals surface area contributed by atoms with Crippen molar-refractivity contribution in [3.63, 3.8) is 0 Å². The molecule has 0 fully saturated rings. The lowest BCUT2D eigenvalue weighted by atomic mass is 10.1. The summed E-state index contributed by atoms with van der Waals surface area (Å²) in [7, 11) is 0. The second-order valence-electron chi connectivity index (χ2n) is 5.27. The van der Waals surface area contributed by atoms with Gasteiger partial charge >= 0.3 is 0 Å². The number of halogens is 1. The van der Waals surface area contributed by atoms with E-state index in [4.69, 9.17) is 4.74 Å². The van der Waals surface area contributed by atoms with Crippen LogP contribution in [0, 0.1) is 0 Å². The van der Waals surface area contributed by atoms with Crippen LogP contribution in [-0.2, 0) is 6.61 Å². The highest BCUT2D eigenvalue weighted by atomic mass is 127. The van der Waals surface area contributed by atoms with Gasteiger partial charge in [0.15, 0.2) is 0 Å². The van der Waals surface area contributed by atoms with Gasteiger partial charge in [-0.25, -0.2) is 0 Å². The van der Waals surface area contributed by atoms with Crippen molar-refractivity contribution in [2.45, 2.75) is 36.7 Å². The van der Waals surface area contributed by atoms with E-state index in [-0.39, 0.29) is 0 Å². The Kier molecular flexibility index (Phi) is 7.50. The second kappa shape index (κ2) is 9.67. The third kappa shape index (κ3) is 5.84. The molecule has 0 bridgehead atoms. The van der Waals surface area contributed by atoms with E-state index in [0.29, 0.717) is 10.5 Å². The van der Waals surface area contributed by atoms with Crippen LogP contribution < -0.4 is 4.74 Å². The van der Waals surface area contributed by atoms with Crippen molar-refractivity contribution in [2.24, 2.45) is 0 Å². The fourth-order valence-corrected chi connectivity index (χ4v) is 2.98. The van der Waals surface area contributed by atoms with Gasteiger partial charge in [0.25, 0.3) is 0 Å². The molecular weight excluding hydrogens is 383 g/mol. The monoisotopic (exact) mass is 406 g/mol. The molecule has 1 atom stereocenters. The van der Waals surface area contributed by atoms with E-state index in [1.807, 2.05) is 18.2 Å². The summed E-state index contributed by atoms with van der Waals surface area (Å²) >= 11 is 2.53. The van der Waals surface area contributed by atoms with Gasteiger partial charge in [-0.05, 0) is 42.5 Å². The maximum absolute atomic E-state index is 5.83. The Morgan fingerprint density at radius 2 is 1.73 bits per heavy atom. The normalized spacial score (nSPS) is 12.5. The SMILES string of the molecule is CC/C=C/CCC(I)c1ccc(OCc2ccccc2)cc1. The summed E-state index contributed by atoms with van der Waals surface area (Å²) in [6.07, 6.45) is 7.97. The zero-order chi connectivity index (χ0) is 15.6. The zero-order valence-corrected chi connectivity index (χ0v) is 15.2. The maximum atomic E-state index is 5.83. The third-order valence-corrected chi connectivity index (χ3v) is 4.82. The quantitative estimate of drug-likeness (QED) is 0.277. The summed E-state index contributed by atoms with van der Waals surface area (Å²) in [5.74, 6) is 0.932. The van der Waals surface area contributed by atoms with Crippen LogP contribution >= 0.6 is 22.6 Å². The van der Waals surface area contributed by atoms with E-state index < -0.39 is 0 Å². The van der Waals surface area contributed by atoms with Crippen LogP contribution in [0.15, 0.2) is 66.7 Å². The molecule has 2 rings (SSSR count). The van der Waals surface area contributed by atoms with E-state index >= 15 is 0 Å². The minimum absolute atomic E-state index is 0.558. The largest absolute Gasteiger partial charge is 0.489 e. The maximum Gasteiger partial charge on any atom is 0.119 e. The number of hydrogen-bond donors (Lipinski definition) is 0. The molecule has 0 aromatic heterocycles. The summed E-state index contributed by atoms with van der Waals surface area (Å²) in [4.78, 5) is 0. The van der Waals surface area contributed by atoms with Crippen LogP contribution in [0.25, 0.3) is 0 Å². The Hall–Kier alpha value is -1.29. The van der Waals surface area contributed by atoms with Crippen molar-refractivity contribution < 1.29 is 4.74 Å². The van der Waals surface area contributed by atoms with Crippen LogP contribution in [0.4, 0.5) is 0 Å². The van der Waals surface area contributed by atoms with E-state index in [0.717, 1.165) is 18.6 Å². The van der Waals surface area contributed by atoms with Gasteiger partial charge in [0.1, 0.15) is 12.4 Å². The van der Waals surface area contributed by atoms with Crippen molar-refractivity contribution in [1.29, 1.82) is 0 Å². The number of ether oxygens (including phenoxy) is 1. The fraction of sp³-hybridized carbons (Fsp3) is 0.300. The third-order valence-electron chi connectivity index (χ3n) is 3.48. The van der Waals surface area contributed by atoms with Gasteiger partial charge < -0.3 is 4.74 Å². The van der Waals surface area contributed by atoms with Crippen molar-refractivity contribution in [3.8, 4) is 5.75 Å². The van der Waals surface area contributed by atoms with Crippen LogP contribution in [0.1, 0.15) is 41.2 Å². The molecule has 2 heteroatoms. The predicted molar refractivity (Wildman–Crippen MR) is 103 cm³/mol. The molecule has 0 amide bonds. The van der Waals surface area contributed by atoms with Crippen molar-refractivity contribution >= 4 is 22.6 Å². The van der Waals surface area contributed by atoms with E-state index in [1.54, 1.807) is 0 Å². The Bertz CT molecular complexity index is 560. The Morgan fingerprint density at radius 3 is 2.41 bits per heavy atom. The van der Waals surface area contributed by atoms with Gasteiger partial charge in [-0.15, -0.1) is 0 Å². The van der Waals surface area contributed by atoms with E-state index in [9.17, 15) is 0 Å². The molecule has 0 saturated carbocycles. The average molecular weight is 406 g/mol. The van der Waals surface area contributed by atoms with Crippen LogP contribution in [-0.4, -0.2) is 0 Å². The minimum Gasteiger partial charge on any atom is -0.489 e. The van der Waals surface area contributed by atoms with Crippen LogP contribution in [0.5, 0.6) is 5.75 Å². The highest BCUT2D eigenvalue weighted by Gasteiger charge is 2.06. The lowest BCUT2D eigenvalue weighted by Gasteiger charge is -2.11. The molecule has 0 N–H and O–H groups in total. The smallest absolute Gasteiger partial charge is 0.119 e. The molecule has 2 aromatic carbocycles. The van der Waals surface area contributed by atoms with E-state index in [1.165, 1.54) is 17.5 Å². The van der Waals surface area contributed by atoms with Crippen molar-refractivity contribution in [3.05, 3.63) is 77.9 Å². The van der Waals surface area contributed by atoms with Gasteiger partial charge in [-0.3, -0.25) is 0 Å². The minimum atomic E-state index is 0.558. The first kappa shape index (κ1) is 17.1. The standard InChI is InChI=1S/C20H23IO/c1-2-3-4-8-11-20(21)18-12-14-19(15-13-18)22-16-17-9-6-5-7-10-17/h3-7,9-10,12-15,20H,2,8,11,16H2,1H3/b4-3+. The Balaban J connectivity index is 1.83. The first-order chi connectivity index (χ1) is 10.8. The summed E-state index contributed by atoms with van der Waals surface area (Å²) in [6, 6.07) is 18.8. The van der Waals surface area contributed by atoms with Gasteiger partial charge in [0, 0.05) is 3.92 Å². The van der Waals surface area contributed by atoms with Crippen molar-refractivity contribution in [2.75, 3.05) is 0 Å². The number of allylic oxidation sites excluding steroid dienone is 2. The van der Waals surface area contributed by atoms with Gasteiger partial charge in [0.05, 0.1) is 0 Å².